The van der Waals surface area contributed by atoms with E-state index in [0.29, 0.717) is 22.3 Å². The molecule has 0 saturated heterocycles. The van der Waals surface area contributed by atoms with E-state index in [2.05, 4.69) is 5.32 Å². The molecule has 0 spiro atoms. The van der Waals surface area contributed by atoms with Crippen molar-refractivity contribution >= 4 is 29.3 Å². The second kappa shape index (κ2) is 8.22. The minimum absolute atomic E-state index is 0.0133. The molecule has 0 unspecified atom stereocenters. The molecule has 1 N–H and O–H groups in total. The Bertz CT molecular complexity index is 539. The minimum atomic E-state index is -0.396. The third kappa shape index (κ3) is 4.77. The van der Waals surface area contributed by atoms with Crippen LogP contribution in [-0.4, -0.2) is 30.0 Å². The number of rotatable bonds is 5. The van der Waals surface area contributed by atoms with E-state index in [4.69, 9.17) is 4.74 Å². The Labute approximate surface area is 136 Å². The fourth-order valence-electron chi connectivity index (χ4n) is 2.61. The van der Waals surface area contributed by atoms with Crippen LogP contribution in [0.25, 0.3) is 0 Å². The van der Waals surface area contributed by atoms with E-state index < -0.39 is 5.97 Å². The Balaban J connectivity index is 1.91. The smallest absolute Gasteiger partial charge is 0.337 e. The van der Waals surface area contributed by atoms with E-state index in [1.165, 1.54) is 39.2 Å². The largest absolute Gasteiger partial charge is 0.465 e. The molecule has 1 aromatic rings. The van der Waals surface area contributed by atoms with Crippen molar-refractivity contribution in [1.29, 1.82) is 0 Å². The molecular formula is C17H23NO3S. The summed E-state index contributed by atoms with van der Waals surface area (Å²) in [7, 11) is 1.35. The van der Waals surface area contributed by atoms with E-state index in [1.807, 2.05) is 13.0 Å². The lowest BCUT2D eigenvalue weighted by Gasteiger charge is -2.20. The summed E-state index contributed by atoms with van der Waals surface area (Å²) < 4.78 is 4.71. The van der Waals surface area contributed by atoms with Crippen molar-refractivity contribution in [1.82, 2.24) is 0 Å². The summed E-state index contributed by atoms with van der Waals surface area (Å²) in [5.41, 5.74) is 2.06. The van der Waals surface area contributed by atoms with Gasteiger partial charge in [0, 0.05) is 10.9 Å². The van der Waals surface area contributed by atoms with Gasteiger partial charge in [0.15, 0.2) is 0 Å². The third-order valence-electron chi connectivity index (χ3n) is 3.94. The average molecular weight is 321 g/mol. The molecule has 0 heterocycles. The predicted octanol–water partition coefficient (Wildman–Crippen LogP) is 3.79. The monoisotopic (exact) mass is 321 g/mol. The maximum absolute atomic E-state index is 12.1. The molecule has 1 aliphatic carbocycles. The molecule has 0 atom stereocenters. The first kappa shape index (κ1) is 16.9. The highest BCUT2D eigenvalue weighted by molar-refractivity contribution is 8.00. The Hall–Kier alpha value is -1.49. The highest BCUT2D eigenvalue weighted by Gasteiger charge is 2.16. The molecule has 4 nitrogen and oxygen atoms in total. The summed E-state index contributed by atoms with van der Waals surface area (Å²) in [6, 6.07) is 5.19. The van der Waals surface area contributed by atoms with Gasteiger partial charge in [-0.2, -0.15) is 0 Å². The number of methoxy groups -OCH3 is 1. The lowest BCUT2D eigenvalue weighted by Crippen LogP contribution is -2.18. The lowest BCUT2D eigenvalue weighted by atomic mass is 10.0. The SMILES string of the molecule is COC(=O)c1ccc(C)c(NC(=O)CSC2CCCCC2)c1. The summed E-state index contributed by atoms with van der Waals surface area (Å²) in [4.78, 5) is 23.7. The number of amides is 1. The van der Waals surface area contributed by atoms with Crippen LogP contribution >= 0.6 is 11.8 Å². The van der Waals surface area contributed by atoms with Crippen molar-refractivity contribution in [3.05, 3.63) is 29.3 Å². The van der Waals surface area contributed by atoms with Gasteiger partial charge in [0.25, 0.3) is 0 Å². The van der Waals surface area contributed by atoms with E-state index in [-0.39, 0.29) is 5.91 Å². The molecule has 2 rings (SSSR count). The number of aryl methyl sites for hydroxylation is 1. The zero-order chi connectivity index (χ0) is 15.9. The second-order valence-corrected chi connectivity index (χ2v) is 6.93. The first-order valence-corrected chi connectivity index (χ1v) is 8.75. The lowest BCUT2D eigenvalue weighted by molar-refractivity contribution is -0.113. The molecule has 1 saturated carbocycles. The topological polar surface area (TPSA) is 55.4 Å². The van der Waals surface area contributed by atoms with E-state index in [0.717, 1.165) is 5.56 Å². The number of hydrogen-bond donors (Lipinski definition) is 1. The van der Waals surface area contributed by atoms with Crippen LogP contribution in [0.1, 0.15) is 48.0 Å². The van der Waals surface area contributed by atoms with Crippen molar-refractivity contribution in [2.24, 2.45) is 0 Å². The number of esters is 1. The van der Waals surface area contributed by atoms with Gasteiger partial charge in [0.2, 0.25) is 5.91 Å². The Kier molecular flexibility index (Phi) is 6.31. The highest BCUT2D eigenvalue weighted by Crippen LogP contribution is 2.28. The van der Waals surface area contributed by atoms with Gasteiger partial charge in [-0.1, -0.05) is 25.3 Å². The number of thioether (sulfide) groups is 1. The molecule has 0 aliphatic heterocycles. The van der Waals surface area contributed by atoms with Crippen LogP contribution in [0.3, 0.4) is 0 Å². The number of ether oxygens (including phenoxy) is 1. The zero-order valence-electron chi connectivity index (χ0n) is 13.2. The predicted molar refractivity (Wildman–Crippen MR) is 90.5 cm³/mol. The quantitative estimate of drug-likeness (QED) is 0.838. The van der Waals surface area contributed by atoms with Gasteiger partial charge < -0.3 is 10.1 Å². The summed E-state index contributed by atoms with van der Waals surface area (Å²) in [6.45, 7) is 1.91. The molecule has 1 fully saturated rings. The number of carbonyl (C=O) groups excluding carboxylic acids is 2. The molecule has 5 heteroatoms. The van der Waals surface area contributed by atoms with E-state index >= 15 is 0 Å². The molecule has 0 aromatic heterocycles. The maximum Gasteiger partial charge on any atom is 0.337 e. The zero-order valence-corrected chi connectivity index (χ0v) is 14.0. The fourth-order valence-corrected chi connectivity index (χ4v) is 3.74. The van der Waals surface area contributed by atoms with Crippen LogP contribution in [0.15, 0.2) is 18.2 Å². The molecule has 0 radical (unpaired) electrons. The van der Waals surface area contributed by atoms with Crippen molar-refractivity contribution in [3.63, 3.8) is 0 Å². The molecule has 0 bridgehead atoms. The van der Waals surface area contributed by atoms with Gasteiger partial charge in [0.05, 0.1) is 18.4 Å². The first-order chi connectivity index (χ1) is 10.6. The van der Waals surface area contributed by atoms with Gasteiger partial charge >= 0.3 is 5.97 Å². The molecule has 22 heavy (non-hydrogen) atoms. The third-order valence-corrected chi connectivity index (χ3v) is 5.31. The standard InChI is InChI=1S/C17H23NO3S/c1-12-8-9-13(17(20)21-2)10-15(12)18-16(19)11-22-14-6-4-3-5-7-14/h8-10,14H,3-7,11H2,1-2H3,(H,18,19). The van der Waals surface area contributed by atoms with Crippen LogP contribution in [0.2, 0.25) is 0 Å². The fraction of sp³-hybridized carbons (Fsp3) is 0.529. The van der Waals surface area contributed by atoms with Crippen LogP contribution in [0, 0.1) is 6.92 Å². The Morgan fingerprint density at radius 1 is 1.27 bits per heavy atom. The summed E-state index contributed by atoms with van der Waals surface area (Å²) in [6.07, 6.45) is 6.31. The van der Waals surface area contributed by atoms with E-state index in [9.17, 15) is 9.59 Å². The number of benzene rings is 1. The second-order valence-electron chi connectivity index (χ2n) is 5.64. The van der Waals surface area contributed by atoms with Gasteiger partial charge in [0.1, 0.15) is 0 Å². The van der Waals surface area contributed by atoms with Crippen LogP contribution in [0.5, 0.6) is 0 Å². The van der Waals surface area contributed by atoms with Crippen molar-refractivity contribution in [2.75, 3.05) is 18.2 Å². The van der Waals surface area contributed by atoms with Gasteiger partial charge in [-0.25, -0.2) is 4.79 Å². The van der Waals surface area contributed by atoms with Gasteiger partial charge in [-0.3, -0.25) is 4.79 Å². The molecule has 1 aliphatic rings. The number of anilines is 1. The minimum Gasteiger partial charge on any atom is -0.465 e. The summed E-state index contributed by atoms with van der Waals surface area (Å²) in [5, 5.41) is 3.51. The molecule has 1 amide bonds. The Morgan fingerprint density at radius 3 is 2.68 bits per heavy atom. The normalized spacial score (nSPS) is 15.4. The highest BCUT2D eigenvalue weighted by atomic mass is 32.2. The Morgan fingerprint density at radius 2 is 2.00 bits per heavy atom. The van der Waals surface area contributed by atoms with Gasteiger partial charge in [-0.05, 0) is 37.5 Å². The van der Waals surface area contributed by atoms with Crippen molar-refractivity contribution in [2.45, 2.75) is 44.3 Å². The molecule has 1 aromatic carbocycles. The number of hydrogen-bond acceptors (Lipinski definition) is 4. The molecule has 120 valence electrons. The first-order valence-electron chi connectivity index (χ1n) is 7.70. The average Bonchev–Trinajstić information content (AvgIpc) is 2.55. The number of carbonyl (C=O) groups is 2. The maximum atomic E-state index is 12.1. The number of nitrogens with one attached hydrogen (secondary N) is 1. The van der Waals surface area contributed by atoms with E-state index in [1.54, 1.807) is 23.9 Å². The molecular weight excluding hydrogens is 298 g/mol. The van der Waals surface area contributed by atoms with Crippen LogP contribution < -0.4 is 5.32 Å². The van der Waals surface area contributed by atoms with Crippen molar-refractivity contribution in [3.8, 4) is 0 Å². The van der Waals surface area contributed by atoms with Crippen LogP contribution in [-0.2, 0) is 9.53 Å². The summed E-state index contributed by atoms with van der Waals surface area (Å²) in [5.74, 6) is 0.0554. The summed E-state index contributed by atoms with van der Waals surface area (Å²) >= 11 is 1.74. The van der Waals surface area contributed by atoms with Gasteiger partial charge in [-0.15, -0.1) is 11.8 Å². The van der Waals surface area contributed by atoms with Crippen LogP contribution in [0.4, 0.5) is 5.69 Å². The van der Waals surface area contributed by atoms with Crippen molar-refractivity contribution < 1.29 is 14.3 Å².